The van der Waals surface area contributed by atoms with Crippen LogP contribution in [-0.4, -0.2) is 49.1 Å². The van der Waals surface area contributed by atoms with E-state index in [4.69, 9.17) is 14.2 Å². The van der Waals surface area contributed by atoms with E-state index in [9.17, 15) is 0 Å². The largest absolute Gasteiger partial charge is 0.493 e. The number of benzene rings is 2. The summed E-state index contributed by atoms with van der Waals surface area (Å²) in [6, 6.07) is 11.9. The highest BCUT2D eigenvalue weighted by molar-refractivity contribution is 14.0. The van der Waals surface area contributed by atoms with Crippen LogP contribution in [0.5, 0.6) is 17.2 Å². The number of methoxy groups -OCH3 is 3. The molecule has 2 aromatic carbocycles. The minimum Gasteiger partial charge on any atom is -0.493 e. The predicted octanol–water partition coefficient (Wildman–Crippen LogP) is 2.78. The maximum absolute atomic E-state index is 5.41. The summed E-state index contributed by atoms with van der Waals surface area (Å²) in [6.45, 7) is 1.17. The van der Waals surface area contributed by atoms with E-state index in [1.54, 1.807) is 39.4 Å². The highest BCUT2D eigenvalue weighted by Crippen LogP contribution is 2.38. The maximum atomic E-state index is 5.41. The number of rotatable bonds is 8. The van der Waals surface area contributed by atoms with Crippen LogP contribution in [-0.2, 0) is 13.1 Å². The Morgan fingerprint density at radius 1 is 0.935 bits per heavy atom. The summed E-state index contributed by atoms with van der Waals surface area (Å²) in [6.07, 6.45) is 3.18. The van der Waals surface area contributed by atoms with Crippen molar-refractivity contribution >= 4 is 29.9 Å². The Balaban J connectivity index is 0.00000341. The van der Waals surface area contributed by atoms with Crippen LogP contribution >= 0.6 is 24.0 Å². The van der Waals surface area contributed by atoms with Gasteiger partial charge in [0.1, 0.15) is 12.7 Å². The van der Waals surface area contributed by atoms with Crippen molar-refractivity contribution in [1.82, 2.24) is 25.4 Å². The van der Waals surface area contributed by atoms with Gasteiger partial charge in [-0.2, -0.15) is 5.10 Å². The van der Waals surface area contributed by atoms with E-state index < -0.39 is 0 Å². The lowest BCUT2D eigenvalue weighted by atomic mass is 10.2. The molecule has 166 valence electrons. The van der Waals surface area contributed by atoms with Gasteiger partial charge in [-0.05, 0) is 35.4 Å². The number of nitrogens with zero attached hydrogens (tertiary/aromatic N) is 4. The van der Waals surface area contributed by atoms with E-state index in [2.05, 4.69) is 25.7 Å². The van der Waals surface area contributed by atoms with Crippen LogP contribution in [0.25, 0.3) is 5.69 Å². The molecule has 0 saturated heterocycles. The first kappa shape index (κ1) is 24.3. The molecule has 0 bridgehead atoms. The van der Waals surface area contributed by atoms with Crippen LogP contribution in [0.3, 0.4) is 0 Å². The molecule has 0 amide bonds. The molecule has 0 aliphatic heterocycles. The van der Waals surface area contributed by atoms with Crippen LogP contribution in [0.2, 0.25) is 0 Å². The second-order valence-electron chi connectivity index (χ2n) is 6.32. The summed E-state index contributed by atoms with van der Waals surface area (Å²) in [7, 11) is 6.52. The number of hydrogen-bond donors (Lipinski definition) is 2. The van der Waals surface area contributed by atoms with E-state index in [1.165, 1.54) is 6.33 Å². The zero-order valence-electron chi connectivity index (χ0n) is 18.0. The SMILES string of the molecule is CN=C(NCc1ccc(-n2cncn2)cc1)NCc1cc(OC)c(OC)c(OC)c1.I. The van der Waals surface area contributed by atoms with Crippen molar-refractivity contribution in [3.05, 3.63) is 60.2 Å². The Kier molecular flexibility index (Phi) is 9.38. The third-order valence-electron chi connectivity index (χ3n) is 4.49. The lowest BCUT2D eigenvalue weighted by Crippen LogP contribution is -2.36. The third kappa shape index (κ3) is 6.23. The number of ether oxygens (including phenoxy) is 3. The fourth-order valence-corrected chi connectivity index (χ4v) is 2.94. The van der Waals surface area contributed by atoms with Crippen LogP contribution in [0.15, 0.2) is 54.0 Å². The summed E-state index contributed by atoms with van der Waals surface area (Å²) < 4.78 is 17.9. The fourth-order valence-electron chi connectivity index (χ4n) is 2.94. The topological polar surface area (TPSA) is 94.8 Å². The minimum atomic E-state index is 0. The second-order valence-corrected chi connectivity index (χ2v) is 6.32. The van der Waals surface area contributed by atoms with Crippen molar-refractivity contribution in [2.75, 3.05) is 28.4 Å². The van der Waals surface area contributed by atoms with E-state index in [-0.39, 0.29) is 24.0 Å². The smallest absolute Gasteiger partial charge is 0.203 e. The average molecular weight is 538 g/mol. The fraction of sp³-hybridized carbons (Fsp3) is 0.286. The van der Waals surface area contributed by atoms with Gasteiger partial charge in [0.05, 0.1) is 27.0 Å². The zero-order valence-corrected chi connectivity index (χ0v) is 20.3. The van der Waals surface area contributed by atoms with E-state index >= 15 is 0 Å². The van der Waals surface area contributed by atoms with Gasteiger partial charge < -0.3 is 24.8 Å². The molecule has 1 aromatic heterocycles. The lowest BCUT2D eigenvalue weighted by molar-refractivity contribution is 0.323. The molecular formula is C21H27IN6O3. The van der Waals surface area contributed by atoms with Gasteiger partial charge in [0.15, 0.2) is 17.5 Å². The van der Waals surface area contributed by atoms with Crippen molar-refractivity contribution in [3.8, 4) is 22.9 Å². The molecule has 9 nitrogen and oxygen atoms in total. The predicted molar refractivity (Wildman–Crippen MR) is 130 cm³/mol. The summed E-state index contributed by atoms with van der Waals surface area (Å²) in [4.78, 5) is 8.24. The number of aromatic nitrogens is 3. The van der Waals surface area contributed by atoms with Crippen molar-refractivity contribution in [2.45, 2.75) is 13.1 Å². The van der Waals surface area contributed by atoms with Crippen LogP contribution in [0.4, 0.5) is 0 Å². The summed E-state index contributed by atoms with van der Waals surface area (Å²) >= 11 is 0. The number of hydrogen-bond acceptors (Lipinski definition) is 6. The van der Waals surface area contributed by atoms with Crippen LogP contribution in [0.1, 0.15) is 11.1 Å². The molecule has 0 radical (unpaired) electrons. The van der Waals surface area contributed by atoms with Gasteiger partial charge in [-0.25, -0.2) is 9.67 Å². The van der Waals surface area contributed by atoms with E-state index in [1.807, 2.05) is 36.4 Å². The maximum Gasteiger partial charge on any atom is 0.203 e. The molecule has 0 aliphatic rings. The zero-order chi connectivity index (χ0) is 21.3. The minimum absolute atomic E-state index is 0. The quantitative estimate of drug-likeness (QED) is 0.259. The number of guanidine groups is 1. The van der Waals surface area contributed by atoms with Gasteiger partial charge >= 0.3 is 0 Å². The van der Waals surface area contributed by atoms with Crippen LogP contribution in [0, 0.1) is 0 Å². The van der Waals surface area contributed by atoms with Gasteiger partial charge in [-0.1, -0.05) is 12.1 Å². The van der Waals surface area contributed by atoms with Gasteiger partial charge in [-0.15, -0.1) is 24.0 Å². The van der Waals surface area contributed by atoms with Crippen molar-refractivity contribution in [2.24, 2.45) is 4.99 Å². The second kappa shape index (κ2) is 12.0. The molecule has 2 N–H and O–H groups in total. The lowest BCUT2D eigenvalue weighted by Gasteiger charge is -2.16. The Morgan fingerprint density at radius 3 is 2.03 bits per heavy atom. The molecular weight excluding hydrogens is 511 g/mol. The third-order valence-corrected chi connectivity index (χ3v) is 4.49. The summed E-state index contributed by atoms with van der Waals surface area (Å²) in [5.41, 5.74) is 3.06. The molecule has 10 heteroatoms. The van der Waals surface area contributed by atoms with Gasteiger partial charge in [0.2, 0.25) is 5.75 Å². The molecule has 0 atom stereocenters. The van der Waals surface area contributed by atoms with Gasteiger partial charge in [-0.3, -0.25) is 4.99 Å². The first-order valence-electron chi connectivity index (χ1n) is 9.35. The molecule has 0 aliphatic carbocycles. The van der Waals surface area contributed by atoms with Crippen molar-refractivity contribution < 1.29 is 14.2 Å². The number of aliphatic imine (C=N–C) groups is 1. The summed E-state index contributed by atoms with van der Waals surface area (Å²) in [5.74, 6) is 2.48. The molecule has 3 aromatic rings. The molecule has 0 fully saturated rings. The Hall–Kier alpha value is -3.02. The highest BCUT2D eigenvalue weighted by atomic mass is 127. The molecule has 3 rings (SSSR count). The standard InChI is InChI=1S/C21H26N6O3.HI/c1-22-21(24-11-15-5-7-17(8-6-15)27-14-23-13-26-27)25-12-16-9-18(28-2)20(30-4)19(10-16)29-3;/h5-10,13-14H,11-12H2,1-4H3,(H2,22,24,25);1H. The normalized spacial score (nSPS) is 10.8. The Morgan fingerprint density at radius 2 is 1.55 bits per heavy atom. The van der Waals surface area contributed by atoms with Crippen LogP contribution < -0.4 is 24.8 Å². The first-order valence-corrected chi connectivity index (χ1v) is 9.35. The monoisotopic (exact) mass is 538 g/mol. The molecule has 0 unspecified atom stereocenters. The van der Waals surface area contributed by atoms with E-state index in [0.717, 1.165) is 16.8 Å². The average Bonchev–Trinajstić information content (AvgIpc) is 3.33. The van der Waals surface area contributed by atoms with Gasteiger partial charge in [0.25, 0.3) is 0 Å². The molecule has 0 spiro atoms. The van der Waals surface area contributed by atoms with Crippen molar-refractivity contribution in [3.63, 3.8) is 0 Å². The number of nitrogens with one attached hydrogen (secondary N) is 2. The summed E-state index contributed by atoms with van der Waals surface area (Å²) in [5, 5.41) is 10.7. The highest BCUT2D eigenvalue weighted by Gasteiger charge is 2.13. The van der Waals surface area contributed by atoms with Gasteiger partial charge in [0, 0.05) is 20.1 Å². The molecule has 1 heterocycles. The van der Waals surface area contributed by atoms with E-state index in [0.29, 0.717) is 36.3 Å². The molecule has 0 saturated carbocycles. The number of halogens is 1. The Bertz CT molecular complexity index is 952. The molecule has 31 heavy (non-hydrogen) atoms. The van der Waals surface area contributed by atoms with Crippen molar-refractivity contribution in [1.29, 1.82) is 0 Å². The Labute approximate surface area is 198 Å². The first-order chi connectivity index (χ1) is 14.7.